The Kier molecular flexibility index (Phi) is 5.78. The summed E-state index contributed by atoms with van der Waals surface area (Å²) in [4.78, 5) is 32.0. The first-order chi connectivity index (χ1) is 13.5. The molecule has 0 aliphatic heterocycles. The maximum absolute atomic E-state index is 13.0. The molecular weight excluding hydrogens is 358 g/mol. The van der Waals surface area contributed by atoms with Crippen LogP contribution in [0, 0.1) is 10.1 Å². The zero-order chi connectivity index (χ0) is 20.1. The molecular formula is C20H21N5O3. The van der Waals surface area contributed by atoms with Crippen molar-refractivity contribution < 1.29 is 4.92 Å². The fourth-order valence-corrected chi connectivity index (χ4v) is 2.97. The largest absolute Gasteiger partial charge is 0.294 e. The number of hydrogen-bond acceptors (Lipinski definition) is 5. The van der Waals surface area contributed by atoms with Crippen LogP contribution in [0.4, 0.5) is 5.69 Å². The van der Waals surface area contributed by atoms with Gasteiger partial charge in [0.1, 0.15) is 0 Å². The number of benzene rings is 1. The van der Waals surface area contributed by atoms with Crippen LogP contribution in [0.3, 0.4) is 0 Å². The Balaban J connectivity index is 1.98. The minimum Gasteiger partial charge on any atom is -0.294 e. The lowest BCUT2D eigenvalue weighted by Crippen LogP contribution is -2.20. The Morgan fingerprint density at radius 1 is 1.21 bits per heavy atom. The van der Waals surface area contributed by atoms with E-state index in [1.807, 2.05) is 26.0 Å². The number of nitrogens with one attached hydrogen (secondary N) is 1. The van der Waals surface area contributed by atoms with Gasteiger partial charge in [-0.2, -0.15) is 0 Å². The first-order valence-electron chi connectivity index (χ1n) is 9.00. The maximum Gasteiger partial charge on any atom is 0.280 e. The predicted octanol–water partition coefficient (Wildman–Crippen LogP) is 3.43. The van der Waals surface area contributed by atoms with Crippen LogP contribution in [0.5, 0.6) is 0 Å². The number of aromatic amines is 1. The maximum atomic E-state index is 13.0. The molecule has 0 aliphatic carbocycles. The summed E-state index contributed by atoms with van der Waals surface area (Å²) in [5.74, 6) is 0. The SMILES string of the molecule is CCCc1[nH]n(-c2ccc([N+](=O)[O-])cc2)c(=O)c1C(C)=NCc1ccncc1. The van der Waals surface area contributed by atoms with Gasteiger partial charge in [0.15, 0.2) is 0 Å². The number of aliphatic imine (C=N–C) groups is 1. The van der Waals surface area contributed by atoms with Crippen LogP contribution in [0.1, 0.15) is 37.1 Å². The van der Waals surface area contributed by atoms with E-state index in [0.29, 0.717) is 29.9 Å². The third kappa shape index (κ3) is 4.06. The highest BCUT2D eigenvalue weighted by atomic mass is 16.6. The molecule has 28 heavy (non-hydrogen) atoms. The first-order valence-corrected chi connectivity index (χ1v) is 9.00. The molecule has 0 spiro atoms. The van der Waals surface area contributed by atoms with Crippen molar-refractivity contribution in [2.24, 2.45) is 4.99 Å². The molecule has 2 heterocycles. The van der Waals surface area contributed by atoms with E-state index in [-0.39, 0.29) is 11.2 Å². The molecule has 0 amide bonds. The van der Waals surface area contributed by atoms with Crippen molar-refractivity contribution in [2.75, 3.05) is 0 Å². The summed E-state index contributed by atoms with van der Waals surface area (Å²) in [5, 5.41) is 14.0. The standard InChI is InChI=1S/C20H21N5O3/c1-3-4-18-19(14(2)22-13-15-9-11-21-12-10-15)20(26)24(23-18)16-5-7-17(8-6-16)25(27)28/h5-12,23H,3-4,13H2,1-2H3. The van der Waals surface area contributed by atoms with Crippen LogP contribution >= 0.6 is 0 Å². The summed E-state index contributed by atoms with van der Waals surface area (Å²) < 4.78 is 1.41. The molecule has 1 N–H and O–H groups in total. The molecule has 0 atom stereocenters. The van der Waals surface area contributed by atoms with Gasteiger partial charge < -0.3 is 0 Å². The average Bonchev–Trinajstić information content (AvgIpc) is 3.03. The van der Waals surface area contributed by atoms with Crippen molar-refractivity contribution in [3.05, 3.63) is 86.1 Å². The van der Waals surface area contributed by atoms with E-state index in [0.717, 1.165) is 17.7 Å². The van der Waals surface area contributed by atoms with Crippen molar-refractivity contribution in [3.8, 4) is 5.69 Å². The third-order valence-electron chi connectivity index (χ3n) is 4.39. The van der Waals surface area contributed by atoms with Crippen molar-refractivity contribution in [1.29, 1.82) is 0 Å². The second-order valence-electron chi connectivity index (χ2n) is 6.39. The van der Waals surface area contributed by atoms with Crippen molar-refractivity contribution in [3.63, 3.8) is 0 Å². The van der Waals surface area contributed by atoms with Crippen LogP contribution in [0.2, 0.25) is 0 Å². The van der Waals surface area contributed by atoms with Crippen LogP contribution in [-0.4, -0.2) is 25.4 Å². The monoisotopic (exact) mass is 379 g/mol. The highest BCUT2D eigenvalue weighted by molar-refractivity contribution is 5.99. The third-order valence-corrected chi connectivity index (χ3v) is 4.39. The molecule has 0 fully saturated rings. The van der Waals surface area contributed by atoms with Crippen molar-refractivity contribution >= 4 is 11.4 Å². The number of aryl methyl sites for hydroxylation is 1. The molecule has 0 saturated carbocycles. The van der Waals surface area contributed by atoms with Gasteiger partial charge in [-0.25, -0.2) is 4.68 Å². The molecule has 0 radical (unpaired) electrons. The number of rotatable bonds is 7. The number of non-ortho nitro benzene ring substituents is 1. The zero-order valence-electron chi connectivity index (χ0n) is 15.8. The van der Waals surface area contributed by atoms with E-state index in [1.165, 1.54) is 16.8 Å². The molecule has 0 aliphatic rings. The molecule has 2 aromatic heterocycles. The number of pyridine rings is 1. The number of nitrogens with zero attached hydrogens (tertiary/aromatic N) is 4. The van der Waals surface area contributed by atoms with E-state index in [4.69, 9.17) is 0 Å². The Hall–Kier alpha value is -3.55. The summed E-state index contributed by atoms with van der Waals surface area (Å²) in [6, 6.07) is 9.64. The van der Waals surface area contributed by atoms with Gasteiger partial charge in [0, 0.05) is 35.9 Å². The summed E-state index contributed by atoms with van der Waals surface area (Å²) in [6.07, 6.45) is 4.98. The zero-order valence-corrected chi connectivity index (χ0v) is 15.8. The smallest absolute Gasteiger partial charge is 0.280 e. The summed E-state index contributed by atoms with van der Waals surface area (Å²) >= 11 is 0. The van der Waals surface area contributed by atoms with Crippen LogP contribution in [0.25, 0.3) is 5.69 Å². The number of nitro groups is 1. The molecule has 8 nitrogen and oxygen atoms in total. The Labute approximate surface area is 161 Å². The first kappa shape index (κ1) is 19.2. The van der Waals surface area contributed by atoms with Gasteiger partial charge in [-0.3, -0.25) is 30.0 Å². The fraction of sp³-hybridized carbons (Fsp3) is 0.250. The van der Waals surface area contributed by atoms with Gasteiger partial charge in [-0.05, 0) is 43.2 Å². The van der Waals surface area contributed by atoms with Crippen molar-refractivity contribution in [2.45, 2.75) is 33.2 Å². The number of aromatic nitrogens is 3. The van der Waals surface area contributed by atoms with E-state index in [9.17, 15) is 14.9 Å². The molecule has 0 bridgehead atoms. The normalized spacial score (nSPS) is 11.6. The molecule has 0 unspecified atom stereocenters. The van der Waals surface area contributed by atoms with Crippen molar-refractivity contribution in [1.82, 2.24) is 14.8 Å². The molecule has 1 aromatic carbocycles. The average molecular weight is 379 g/mol. The molecule has 0 saturated heterocycles. The second kappa shape index (κ2) is 8.43. The lowest BCUT2D eigenvalue weighted by atomic mass is 10.1. The highest BCUT2D eigenvalue weighted by Gasteiger charge is 2.17. The second-order valence-corrected chi connectivity index (χ2v) is 6.39. The summed E-state index contributed by atoms with van der Waals surface area (Å²) in [6.45, 7) is 4.32. The minimum atomic E-state index is -0.467. The molecule has 3 aromatic rings. The van der Waals surface area contributed by atoms with Gasteiger partial charge in [0.25, 0.3) is 11.2 Å². The summed E-state index contributed by atoms with van der Waals surface area (Å²) in [7, 11) is 0. The van der Waals surface area contributed by atoms with E-state index in [2.05, 4.69) is 15.1 Å². The predicted molar refractivity (Wildman–Crippen MR) is 107 cm³/mol. The molecule has 8 heteroatoms. The van der Waals surface area contributed by atoms with Crippen LogP contribution in [0.15, 0.2) is 58.6 Å². The van der Waals surface area contributed by atoms with Gasteiger partial charge >= 0.3 is 0 Å². The number of hydrogen-bond donors (Lipinski definition) is 1. The lowest BCUT2D eigenvalue weighted by molar-refractivity contribution is -0.384. The number of nitro benzene ring substituents is 1. The minimum absolute atomic E-state index is 0.0209. The Bertz CT molecular complexity index is 1050. The van der Waals surface area contributed by atoms with E-state index >= 15 is 0 Å². The van der Waals surface area contributed by atoms with E-state index < -0.39 is 4.92 Å². The lowest BCUT2D eigenvalue weighted by Gasteiger charge is -2.01. The number of H-pyrrole nitrogens is 1. The van der Waals surface area contributed by atoms with Crippen LogP contribution < -0.4 is 5.56 Å². The van der Waals surface area contributed by atoms with E-state index in [1.54, 1.807) is 24.5 Å². The van der Waals surface area contributed by atoms with Gasteiger partial charge in [0.05, 0.1) is 22.7 Å². The Morgan fingerprint density at radius 2 is 1.89 bits per heavy atom. The molecule has 144 valence electrons. The van der Waals surface area contributed by atoms with Gasteiger partial charge in [-0.15, -0.1) is 0 Å². The quantitative estimate of drug-likeness (QED) is 0.385. The topological polar surface area (TPSA) is 106 Å². The Morgan fingerprint density at radius 3 is 2.50 bits per heavy atom. The summed E-state index contributed by atoms with van der Waals surface area (Å²) in [5.41, 5.74) is 3.33. The fourth-order valence-electron chi connectivity index (χ4n) is 2.97. The van der Waals surface area contributed by atoms with Gasteiger partial charge in [-0.1, -0.05) is 13.3 Å². The van der Waals surface area contributed by atoms with Crippen LogP contribution in [-0.2, 0) is 13.0 Å². The highest BCUT2D eigenvalue weighted by Crippen LogP contribution is 2.16. The van der Waals surface area contributed by atoms with Gasteiger partial charge in [0.2, 0.25) is 0 Å². The molecule has 3 rings (SSSR count).